The zero-order valence-electron chi connectivity index (χ0n) is 10.00. The molecular formula is C11H24N2OS. The van der Waals surface area contributed by atoms with Gasteiger partial charge in [0.1, 0.15) is 0 Å². The summed E-state index contributed by atoms with van der Waals surface area (Å²) in [6.45, 7) is 6.76. The van der Waals surface area contributed by atoms with Crippen LogP contribution in [0.25, 0.3) is 0 Å². The Morgan fingerprint density at radius 1 is 1.40 bits per heavy atom. The molecule has 1 aliphatic rings. The second kappa shape index (κ2) is 7.36. The number of likely N-dealkylation sites (tertiary alicyclic amines) is 1. The van der Waals surface area contributed by atoms with Crippen molar-refractivity contribution in [3.63, 3.8) is 0 Å². The maximum Gasteiger partial charge on any atom is 0.0357 e. The van der Waals surface area contributed by atoms with E-state index in [1.165, 1.54) is 38.9 Å². The van der Waals surface area contributed by atoms with E-state index in [0.29, 0.717) is 6.04 Å². The maximum absolute atomic E-state index is 10.9. The van der Waals surface area contributed by atoms with Gasteiger partial charge >= 0.3 is 0 Å². The van der Waals surface area contributed by atoms with Gasteiger partial charge in [-0.05, 0) is 38.9 Å². The molecule has 0 amide bonds. The summed E-state index contributed by atoms with van der Waals surface area (Å²) in [5, 5.41) is 3.52. The lowest BCUT2D eigenvalue weighted by Crippen LogP contribution is -2.33. The normalized spacial score (nSPS) is 26.1. The fourth-order valence-electron chi connectivity index (χ4n) is 2.08. The summed E-state index contributed by atoms with van der Waals surface area (Å²) in [4.78, 5) is 2.51. The molecule has 0 radical (unpaired) electrons. The Morgan fingerprint density at radius 2 is 2.20 bits per heavy atom. The van der Waals surface area contributed by atoms with Crippen molar-refractivity contribution in [2.75, 3.05) is 38.2 Å². The predicted molar refractivity (Wildman–Crippen MR) is 66.7 cm³/mol. The molecule has 0 aromatic heterocycles. The van der Waals surface area contributed by atoms with Gasteiger partial charge in [0.2, 0.25) is 0 Å². The summed E-state index contributed by atoms with van der Waals surface area (Å²) in [5.74, 6) is 0.786. The molecule has 4 heteroatoms. The van der Waals surface area contributed by atoms with Gasteiger partial charge in [-0.25, -0.2) is 0 Å². The Bertz CT molecular complexity index is 199. The molecule has 0 aromatic rings. The molecule has 1 fully saturated rings. The van der Waals surface area contributed by atoms with Crippen molar-refractivity contribution < 1.29 is 4.21 Å². The molecule has 1 rings (SSSR count). The van der Waals surface area contributed by atoms with Crippen LogP contribution in [-0.2, 0) is 10.8 Å². The molecule has 2 unspecified atom stereocenters. The van der Waals surface area contributed by atoms with Crippen LogP contribution in [0.5, 0.6) is 0 Å². The van der Waals surface area contributed by atoms with Crippen LogP contribution < -0.4 is 5.32 Å². The monoisotopic (exact) mass is 232 g/mol. The molecule has 1 heterocycles. The SMILES string of the molecule is CCN1CCCC(NCCS(C)=O)CC1. The number of rotatable bonds is 5. The number of hydrogen-bond acceptors (Lipinski definition) is 3. The first-order valence-corrected chi connectivity index (χ1v) is 7.71. The van der Waals surface area contributed by atoms with Crippen molar-refractivity contribution >= 4 is 10.8 Å². The summed E-state index contributed by atoms with van der Waals surface area (Å²) in [6.07, 6.45) is 5.57. The van der Waals surface area contributed by atoms with Gasteiger partial charge in [0, 0.05) is 35.4 Å². The molecule has 0 aromatic carbocycles. The molecule has 0 aliphatic carbocycles. The van der Waals surface area contributed by atoms with E-state index < -0.39 is 10.8 Å². The van der Waals surface area contributed by atoms with E-state index in [1.54, 1.807) is 6.26 Å². The molecule has 1 N–H and O–H groups in total. The molecule has 15 heavy (non-hydrogen) atoms. The van der Waals surface area contributed by atoms with Crippen LogP contribution in [0.3, 0.4) is 0 Å². The van der Waals surface area contributed by atoms with Crippen molar-refractivity contribution in [3.8, 4) is 0 Å². The Kier molecular flexibility index (Phi) is 6.45. The van der Waals surface area contributed by atoms with Crippen LogP contribution in [0.2, 0.25) is 0 Å². The number of nitrogens with zero attached hydrogens (tertiary/aromatic N) is 1. The van der Waals surface area contributed by atoms with Crippen molar-refractivity contribution in [3.05, 3.63) is 0 Å². The Morgan fingerprint density at radius 3 is 2.87 bits per heavy atom. The predicted octanol–water partition coefficient (Wildman–Crippen LogP) is 0.829. The minimum absolute atomic E-state index is 0.644. The van der Waals surface area contributed by atoms with E-state index in [2.05, 4.69) is 17.1 Å². The fourth-order valence-corrected chi connectivity index (χ4v) is 2.49. The highest BCUT2D eigenvalue weighted by Crippen LogP contribution is 2.10. The van der Waals surface area contributed by atoms with Gasteiger partial charge in [0.25, 0.3) is 0 Å². The second-order valence-corrected chi connectivity index (χ2v) is 5.85. The lowest BCUT2D eigenvalue weighted by atomic mass is 10.1. The third kappa shape index (κ3) is 5.64. The largest absolute Gasteiger partial charge is 0.313 e. The highest BCUT2D eigenvalue weighted by atomic mass is 32.2. The minimum Gasteiger partial charge on any atom is -0.313 e. The van der Waals surface area contributed by atoms with Crippen LogP contribution in [0.4, 0.5) is 0 Å². The summed E-state index contributed by atoms with van der Waals surface area (Å²) in [7, 11) is -0.656. The second-order valence-electron chi connectivity index (χ2n) is 4.29. The van der Waals surface area contributed by atoms with Gasteiger partial charge < -0.3 is 10.2 Å². The van der Waals surface area contributed by atoms with Gasteiger partial charge in [0.15, 0.2) is 0 Å². The first-order chi connectivity index (χ1) is 7.22. The molecule has 0 saturated carbocycles. The van der Waals surface area contributed by atoms with E-state index in [0.717, 1.165) is 12.3 Å². The van der Waals surface area contributed by atoms with Crippen LogP contribution in [0, 0.1) is 0 Å². The Hall–Kier alpha value is 0.0700. The van der Waals surface area contributed by atoms with Crippen molar-refractivity contribution in [1.29, 1.82) is 0 Å². The minimum atomic E-state index is -0.656. The van der Waals surface area contributed by atoms with E-state index in [9.17, 15) is 4.21 Å². The number of nitrogens with one attached hydrogen (secondary N) is 1. The third-order valence-electron chi connectivity index (χ3n) is 3.09. The maximum atomic E-state index is 10.9. The molecule has 3 nitrogen and oxygen atoms in total. The van der Waals surface area contributed by atoms with Crippen molar-refractivity contribution in [1.82, 2.24) is 10.2 Å². The highest BCUT2D eigenvalue weighted by molar-refractivity contribution is 7.84. The summed E-state index contributed by atoms with van der Waals surface area (Å²) in [6, 6.07) is 0.644. The highest BCUT2D eigenvalue weighted by Gasteiger charge is 2.14. The third-order valence-corrected chi connectivity index (χ3v) is 3.87. The molecule has 0 bridgehead atoms. The Labute approximate surface area is 96.1 Å². The van der Waals surface area contributed by atoms with Gasteiger partial charge in [-0.15, -0.1) is 0 Å². The summed E-state index contributed by atoms with van der Waals surface area (Å²) >= 11 is 0. The average Bonchev–Trinajstić information content (AvgIpc) is 2.42. The zero-order chi connectivity index (χ0) is 11.1. The van der Waals surface area contributed by atoms with Crippen LogP contribution in [-0.4, -0.2) is 53.3 Å². The first kappa shape index (κ1) is 13.1. The van der Waals surface area contributed by atoms with Crippen LogP contribution in [0.1, 0.15) is 26.2 Å². The van der Waals surface area contributed by atoms with E-state index in [1.807, 2.05) is 0 Å². The van der Waals surface area contributed by atoms with E-state index in [4.69, 9.17) is 0 Å². The molecule has 90 valence electrons. The molecule has 1 saturated heterocycles. The average molecular weight is 232 g/mol. The lowest BCUT2D eigenvalue weighted by Gasteiger charge is -2.18. The standard InChI is InChI=1S/C11H24N2OS/c1-3-13-8-4-5-11(6-9-13)12-7-10-15(2)14/h11-12H,3-10H2,1-2H3. The van der Waals surface area contributed by atoms with E-state index >= 15 is 0 Å². The van der Waals surface area contributed by atoms with E-state index in [-0.39, 0.29) is 0 Å². The van der Waals surface area contributed by atoms with Gasteiger partial charge in [-0.1, -0.05) is 6.92 Å². The van der Waals surface area contributed by atoms with Gasteiger partial charge in [-0.3, -0.25) is 4.21 Å². The summed E-state index contributed by atoms with van der Waals surface area (Å²) in [5.41, 5.74) is 0. The molecular weight excluding hydrogens is 208 g/mol. The Balaban J connectivity index is 2.16. The molecule has 1 aliphatic heterocycles. The molecule has 2 atom stereocenters. The van der Waals surface area contributed by atoms with Crippen molar-refractivity contribution in [2.24, 2.45) is 0 Å². The van der Waals surface area contributed by atoms with Crippen LogP contribution >= 0.6 is 0 Å². The summed E-state index contributed by atoms with van der Waals surface area (Å²) < 4.78 is 10.9. The fraction of sp³-hybridized carbons (Fsp3) is 1.00. The zero-order valence-corrected chi connectivity index (χ0v) is 10.8. The van der Waals surface area contributed by atoms with Gasteiger partial charge in [-0.2, -0.15) is 0 Å². The smallest absolute Gasteiger partial charge is 0.0357 e. The number of hydrogen-bond donors (Lipinski definition) is 1. The lowest BCUT2D eigenvalue weighted by molar-refractivity contribution is 0.297. The quantitative estimate of drug-likeness (QED) is 0.762. The van der Waals surface area contributed by atoms with Crippen LogP contribution in [0.15, 0.2) is 0 Å². The topological polar surface area (TPSA) is 32.3 Å². The van der Waals surface area contributed by atoms with Gasteiger partial charge in [0.05, 0.1) is 0 Å². The first-order valence-electron chi connectivity index (χ1n) is 5.98. The van der Waals surface area contributed by atoms with Crippen molar-refractivity contribution in [2.45, 2.75) is 32.2 Å². The molecule has 0 spiro atoms.